The van der Waals surface area contributed by atoms with Gasteiger partial charge in [-0.3, -0.25) is 14.4 Å². The largest absolute Gasteiger partial charge is 0.303 e. The molecule has 5 heteroatoms. The number of halogens is 1. The predicted octanol–water partition coefficient (Wildman–Crippen LogP) is 2.63. The second-order valence-electron chi connectivity index (χ2n) is 5.27. The summed E-state index contributed by atoms with van der Waals surface area (Å²) in [4.78, 5) is 37.0. The Balaban J connectivity index is 1.82. The Hall–Kier alpha value is -1.68. The van der Waals surface area contributed by atoms with Crippen LogP contribution in [0.1, 0.15) is 36.0 Å². The summed E-state index contributed by atoms with van der Waals surface area (Å²) in [5, 5.41) is 0.402. The van der Waals surface area contributed by atoms with E-state index in [1.807, 2.05) is 0 Å². The fraction of sp³-hybridized carbons (Fsp3) is 0.400. The summed E-state index contributed by atoms with van der Waals surface area (Å²) in [5.41, 5.74) is 0.856. The number of rotatable bonds is 3. The van der Waals surface area contributed by atoms with Gasteiger partial charge in [-0.2, -0.15) is 0 Å². The topological polar surface area (TPSA) is 54.5 Å². The Kier molecular flexibility index (Phi) is 3.34. The SMILES string of the molecule is O=C1C(=O)N(CCC2CCCC2=O)c2c(Cl)cccc21. The van der Waals surface area contributed by atoms with E-state index in [1.54, 1.807) is 18.2 Å². The molecule has 0 bridgehead atoms. The molecule has 1 aliphatic heterocycles. The van der Waals surface area contributed by atoms with Gasteiger partial charge in [0.1, 0.15) is 5.78 Å². The zero-order valence-corrected chi connectivity index (χ0v) is 11.7. The van der Waals surface area contributed by atoms with E-state index in [9.17, 15) is 14.4 Å². The molecule has 3 rings (SSSR count). The van der Waals surface area contributed by atoms with Gasteiger partial charge in [0.05, 0.1) is 16.3 Å². The van der Waals surface area contributed by atoms with E-state index in [0.29, 0.717) is 35.7 Å². The summed E-state index contributed by atoms with van der Waals surface area (Å²) >= 11 is 6.11. The molecule has 1 aromatic rings. The lowest BCUT2D eigenvalue weighted by Gasteiger charge is -2.19. The van der Waals surface area contributed by atoms with E-state index >= 15 is 0 Å². The maximum absolute atomic E-state index is 12.0. The lowest BCUT2D eigenvalue weighted by atomic mass is 10.0. The lowest BCUT2D eigenvalue weighted by Crippen LogP contribution is -2.32. The summed E-state index contributed by atoms with van der Waals surface area (Å²) in [6, 6.07) is 4.94. The first-order chi connectivity index (χ1) is 9.59. The normalized spacial score (nSPS) is 21.8. The Morgan fingerprint density at radius 2 is 2.05 bits per heavy atom. The number of hydrogen-bond donors (Lipinski definition) is 0. The molecule has 4 nitrogen and oxygen atoms in total. The number of benzene rings is 1. The van der Waals surface area contributed by atoms with Crippen LogP contribution in [0, 0.1) is 5.92 Å². The minimum atomic E-state index is -0.543. The van der Waals surface area contributed by atoms with Crippen molar-refractivity contribution >= 4 is 34.8 Å². The van der Waals surface area contributed by atoms with Crippen molar-refractivity contribution in [3.8, 4) is 0 Å². The molecule has 1 atom stereocenters. The third kappa shape index (κ3) is 2.04. The molecular weight excluding hydrogens is 278 g/mol. The standard InChI is InChI=1S/C15H14ClNO3/c16-11-5-2-4-10-13(11)17(15(20)14(10)19)8-7-9-3-1-6-12(9)18/h2,4-5,9H,1,3,6-8H2. The summed E-state index contributed by atoms with van der Waals surface area (Å²) in [6.45, 7) is 0.373. The van der Waals surface area contributed by atoms with Crippen LogP contribution < -0.4 is 4.90 Å². The van der Waals surface area contributed by atoms with Gasteiger partial charge in [0, 0.05) is 18.9 Å². The number of Topliss-reactive ketones (excluding diaryl/α,β-unsaturated/α-hetero) is 2. The van der Waals surface area contributed by atoms with Gasteiger partial charge >= 0.3 is 0 Å². The van der Waals surface area contributed by atoms with Gasteiger partial charge in [-0.1, -0.05) is 17.7 Å². The Morgan fingerprint density at radius 1 is 1.25 bits per heavy atom. The number of amides is 1. The number of hydrogen-bond acceptors (Lipinski definition) is 3. The number of fused-ring (bicyclic) bond motifs is 1. The van der Waals surface area contributed by atoms with Crippen LogP contribution in [0.2, 0.25) is 5.02 Å². The second kappa shape index (κ2) is 5.02. The minimum Gasteiger partial charge on any atom is -0.303 e. The van der Waals surface area contributed by atoms with Gasteiger partial charge in [0.2, 0.25) is 0 Å². The fourth-order valence-corrected chi connectivity index (χ4v) is 3.28. The molecule has 2 aliphatic rings. The van der Waals surface area contributed by atoms with Gasteiger partial charge in [0.15, 0.2) is 0 Å². The smallest absolute Gasteiger partial charge is 0.299 e. The summed E-state index contributed by atoms with van der Waals surface area (Å²) < 4.78 is 0. The Morgan fingerprint density at radius 3 is 2.75 bits per heavy atom. The molecule has 1 heterocycles. The van der Waals surface area contributed by atoms with Crippen LogP contribution in [0.3, 0.4) is 0 Å². The van der Waals surface area contributed by atoms with Crippen molar-refractivity contribution in [2.24, 2.45) is 5.92 Å². The van der Waals surface area contributed by atoms with Gasteiger partial charge in [-0.25, -0.2) is 0 Å². The van der Waals surface area contributed by atoms with E-state index in [0.717, 1.165) is 12.8 Å². The van der Waals surface area contributed by atoms with Crippen LogP contribution in [-0.4, -0.2) is 24.0 Å². The van der Waals surface area contributed by atoms with Gasteiger partial charge < -0.3 is 4.90 Å². The highest BCUT2D eigenvalue weighted by atomic mass is 35.5. The molecular formula is C15H14ClNO3. The van der Waals surface area contributed by atoms with Crippen molar-refractivity contribution in [1.29, 1.82) is 0 Å². The van der Waals surface area contributed by atoms with Crippen LogP contribution >= 0.6 is 11.6 Å². The number of carbonyl (C=O) groups excluding carboxylic acids is 3. The highest BCUT2D eigenvalue weighted by Crippen LogP contribution is 2.36. The van der Waals surface area contributed by atoms with Gasteiger partial charge in [0.25, 0.3) is 11.7 Å². The first-order valence-corrected chi connectivity index (χ1v) is 7.15. The van der Waals surface area contributed by atoms with Crippen molar-refractivity contribution in [2.45, 2.75) is 25.7 Å². The minimum absolute atomic E-state index is 0.0180. The maximum Gasteiger partial charge on any atom is 0.299 e. The molecule has 104 valence electrons. The van der Waals surface area contributed by atoms with Crippen LogP contribution in [0.15, 0.2) is 18.2 Å². The van der Waals surface area contributed by atoms with Crippen LogP contribution in [0.4, 0.5) is 5.69 Å². The third-order valence-electron chi connectivity index (χ3n) is 4.07. The number of para-hydroxylation sites is 1. The van der Waals surface area contributed by atoms with Crippen molar-refractivity contribution in [3.05, 3.63) is 28.8 Å². The molecule has 0 radical (unpaired) electrons. The molecule has 1 saturated carbocycles. The highest BCUT2D eigenvalue weighted by molar-refractivity contribution is 6.54. The number of anilines is 1. The molecule has 0 saturated heterocycles. The van der Waals surface area contributed by atoms with E-state index in [4.69, 9.17) is 11.6 Å². The molecule has 1 aliphatic carbocycles. The summed E-state index contributed by atoms with van der Waals surface area (Å²) in [7, 11) is 0. The molecule has 1 unspecified atom stereocenters. The Bertz CT molecular complexity index is 611. The molecule has 0 spiro atoms. The molecule has 1 aromatic carbocycles. The van der Waals surface area contributed by atoms with Crippen molar-refractivity contribution < 1.29 is 14.4 Å². The first-order valence-electron chi connectivity index (χ1n) is 6.77. The molecule has 0 N–H and O–H groups in total. The second-order valence-corrected chi connectivity index (χ2v) is 5.67. The van der Waals surface area contributed by atoms with Crippen molar-refractivity contribution in [3.63, 3.8) is 0 Å². The third-order valence-corrected chi connectivity index (χ3v) is 4.38. The van der Waals surface area contributed by atoms with E-state index in [1.165, 1.54) is 4.90 Å². The van der Waals surface area contributed by atoms with Crippen LogP contribution in [0.25, 0.3) is 0 Å². The quantitative estimate of drug-likeness (QED) is 0.805. The number of carbonyl (C=O) groups is 3. The van der Waals surface area contributed by atoms with Crippen molar-refractivity contribution in [1.82, 2.24) is 0 Å². The average molecular weight is 292 g/mol. The van der Waals surface area contributed by atoms with E-state index < -0.39 is 11.7 Å². The zero-order valence-electron chi connectivity index (χ0n) is 10.9. The highest BCUT2D eigenvalue weighted by Gasteiger charge is 2.37. The summed E-state index contributed by atoms with van der Waals surface area (Å²) in [5.74, 6) is -0.773. The fourth-order valence-electron chi connectivity index (χ4n) is 3.00. The van der Waals surface area contributed by atoms with E-state index in [-0.39, 0.29) is 11.7 Å². The summed E-state index contributed by atoms with van der Waals surface area (Å²) in [6.07, 6.45) is 3.04. The molecule has 0 aromatic heterocycles. The Labute approximate surface area is 121 Å². The zero-order chi connectivity index (χ0) is 14.3. The molecule has 1 fully saturated rings. The van der Waals surface area contributed by atoms with Crippen LogP contribution in [0.5, 0.6) is 0 Å². The predicted molar refractivity (Wildman–Crippen MR) is 75.1 cm³/mol. The number of ketones is 2. The van der Waals surface area contributed by atoms with E-state index in [2.05, 4.69) is 0 Å². The lowest BCUT2D eigenvalue weighted by molar-refractivity contribution is -0.121. The van der Waals surface area contributed by atoms with Gasteiger partial charge in [-0.05, 0) is 31.4 Å². The molecule has 1 amide bonds. The average Bonchev–Trinajstić information content (AvgIpc) is 2.94. The van der Waals surface area contributed by atoms with Crippen LogP contribution in [-0.2, 0) is 9.59 Å². The molecule has 20 heavy (non-hydrogen) atoms. The van der Waals surface area contributed by atoms with Crippen molar-refractivity contribution in [2.75, 3.05) is 11.4 Å². The van der Waals surface area contributed by atoms with Gasteiger partial charge in [-0.15, -0.1) is 0 Å². The maximum atomic E-state index is 12.0. The number of nitrogens with zero attached hydrogens (tertiary/aromatic N) is 1. The first kappa shape index (κ1) is 13.3. The monoisotopic (exact) mass is 291 g/mol.